The van der Waals surface area contributed by atoms with Crippen LogP contribution in [-0.4, -0.2) is 30.5 Å². The molecule has 2 aromatic carbocycles. The van der Waals surface area contributed by atoms with Gasteiger partial charge in [0.1, 0.15) is 12.3 Å². The molecular formula is C24H18N2O3. The lowest BCUT2D eigenvalue weighted by Gasteiger charge is -2.14. The van der Waals surface area contributed by atoms with Crippen LogP contribution in [0.15, 0.2) is 66.9 Å². The molecule has 1 amide bonds. The lowest BCUT2D eigenvalue weighted by molar-refractivity contribution is 0.112. The van der Waals surface area contributed by atoms with E-state index >= 15 is 0 Å². The minimum absolute atomic E-state index is 0.0166. The van der Waals surface area contributed by atoms with Gasteiger partial charge in [-0.1, -0.05) is 54.5 Å². The number of aldehydes is 1. The molecule has 0 aliphatic heterocycles. The van der Waals surface area contributed by atoms with Crippen LogP contribution < -0.4 is 5.32 Å². The van der Waals surface area contributed by atoms with E-state index in [-0.39, 0.29) is 19.1 Å². The maximum absolute atomic E-state index is 12.1. The number of nitrogens with one attached hydrogen (secondary N) is 1. The number of alkyl carbamates (subject to hydrolysis) is 1. The number of carbonyl (C=O) groups excluding carboxylic acids is 2. The van der Waals surface area contributed by atoms with Crippen LogP contribution in [0, 0.1) is 11.8 Å². The lowest BCUT2D eigenvalue weighted by Crippen LogP contribution is -2.26. The van der Waals surface area contributed by atoms with Crippen molar-refractivity contribution in [3.63, 3.8) is 0 Å². The van der Waals surface area contributed by atoms with Gasteiger partial charge in [-0.05, 0) is 40.3 Å². The molecule has 5 nitrogen and oxygen atoms in total. The van der Waals surface area contributed by atoms with Crippen molar-refractivity contribution in [2.75, 3.05) is 13.2 Å². The minimum atomic E-state index is -0.530. The van der Waals surface area contributed by atoms with Crippen LogP contribution in [-0.2, 0) is 4.74 Å². The van der Waals surface area contributed by atoms with Crippen molar-refractivity contribution in [1.29, 1.82) is 0 Å². The van der Waals surface area contributed by atoms with Gasteiger partial charge >= 0.3 is 6.09 Å². The van der Waals surface area contributed by atoms with Crippen LogP contribution in [0.25, 0.3) is 11.1 Å². The second kappa shape index (κ2) is 8.41. The maximum Gasteiger partial charge on any atom is 0.407 e. The number of hydrogen-bond donors (Lipinski definition) is 1. The van der Waals surface area contributed by atoms with Gasteiger partial charge < -0.3 is 10.1 Å². The molecule has 4 rings (SSSR count). The predicted octanol–water partition coefficient (Wildman–Crippen LogP) is 3.78. The molecule has 1 heterocycles. The number of pyridine rings is 1. The number of ether oxygens (including phenoxy) is 1. The van der Waals surface area contributed by atoms with E-state index in [1.54, 1.807) is 18.3 Å². The third kappa shape index (κ3) is 3.87. The average Bonchev–Trinajstić information content (AvgIpc) is 3.09. The van der Waals surface area contributed by atoms with E-state index in [0.29, 0.717) is 17.5 Å². The van der Waals surface area contributed by atoms with Gasteiger partial charge in [-0.25, -0.2) is 9.78 Å². The zero-order valence-corrected chi connectivity index (χ0v) is 15.6. The minimum Gasteiger partial charge on any atom is -0.449 e. The van der Waals surface area contributed by atoms with Crippen LogP contribution in [0.1, 0.15) is 33.1 Å². The van der Waals surface area contributed by atoms with Gasteiger partial charge in [-0.2, -0.15) is 0 Å². The van der Waals surface area contributed by atoms with Crippen molar-refractivity contribution in [3.05, 3.63) is 89.2 Å². The number of amides is 1. The average molecular weight is 382 g/mol. The van der Waals surface area contributed by atoms with E-state index in [1.165, 1.54) is 11.1 Å². The Bertz CT molecular complexity index is 1080. The molecule has 142 valence electrons. The summed E-state index contributed by atoms with van der Waals surface area (Å²) in [4.78, 5) is 27.1. The van der Waals surface area contributed by atoms with Crippen molar-refractivity contribution in [2.24, 2.45) is 0 Å². The van der Waals surface area contributed by atoms with Crippen molar-refractivity contribution < 1.29 is 14.3 Å². The summed E-state index contributed by atoms with van der Waals surface area (Å²) in [6.45, 7) is 0.356. The highest BCUT2D eigenvalue weighted by Gasteiger charge is 2.28. The van der Waals surface area contributed by atoms with E-state index in [4.69, 9.17) is 4.74 Å². The first-order valence-corrected chi connectivity index (χ1v) is 9.26. The van der Waals surface area contributed by atoms with E-state index in [9.17, 15) is 9.59 Å². The second-order valence-electron chi connectivity index (χ2n) is 6.54. The molecule has 1 aliphatic rings. The van der Waals surface area contributed by atoms with Gasteiger partial charge in [0.05, 0.1) is 6.54 Å². The molecule has 0 saturated heterocycles. The number of hydrogen-bond acceptors (Lipinski definition) is 4. The topological polar surface area (TPSA) is 68.3 Å². The van der Waals surface area contributed by atoms with Crippen LogP contribution in [0.4, 0.5) is 4.79 Å². The first-order chi connectivity index (χ1) is 14.3. The Balaban J connectivity index is 1.36. The summed E-state index contributed by atoms with van der Waals surface area (Å²) >= 11 is 0. The highest BCUT2D eigenvalue weighted by atomic mass is 16.5. The third-order valence-electron chi connectivity index (χ3n) is 4.84. The summed E-state index contributed by atoms with van der Waals surface area (Å²) < 4.78 is 5.45. The smallest absolute Gasteiger partial charge is 0.407 e. The molecule has 0 unspecified atom stereocenters. The summed E-state index contributed by atoms with van der Waals surface area (Å²) in [6, 6.07) is 19.7. The summed E-state index contributed by atoms with van der Waals surface area (Å²) in [5, 5.41) is 2.61. The Morgan fingerprint density at radius 3 is 2.41 bits per heavy atom. The third-order valence-corrected chi connectivity index (χ3v) is 4.84. The number of carbonyl (C=O) groups is 2. The highest BCUT2D eigenvalue weighted by molar-refractivity contribution is 5.79. The standard InChI is InChI=1S/C24H18N2O3/c27-15-17-7-5-13-25-23(17)12-6-14-26-24(28)29-16-22-20-10-3-1-8-18(20)19-9-2-4-11-21(19)22/h1-5,7-11,13,15,22H,14,16H2,(H,26,28). The number of fused-ring (bicyclic) bond motifs is 3. The summed E-state index contributed by atoms with van der Waals surface area (Å²) in [7, 11) is 0. The molecule has 5 heteroatoms. The lowest BCUT2D eigenvalue weighted by atomic mass is 9.98. The van der Waals surface area contributed by atoms with E-state index < -0.39 is 6.09 Å². The van der Waals surface area contributed by atoms with Crippen molar-refractivity contribution in [2.45, 2.75) is 5.92 Å². The fraction of sp³-hybridized carbons (Fsp3) is 0.125. The summed E-state index contributed by atoms with van der Waals surface area (Å²) in [5.74, 6) is 5.58. The van der Waals surface area contributed by atoms with Crippen LogP contribution in [0.5, 0.6) is 0 Å². The number of rotatable bonds is 4. The monoisotopic (exact) mass is 382 g/mol. The van der Waals surface area contributed by atoms with Gasteiger partial charge in [0.25, 0.3) is 0 Å². The Morgan fingerprint density at radius 1 is 1.03 bits per heavy atom. The molecule has 0 radical (unpaired) electrons. The van der Waals surface area contributed by atoms with Crippen molar-refractivity contribution in [3.8, 4) is 23.0 Å². The molecular weight excluding hydrogens is 364 g/mol. The highest BCUT2D eigenvalue weighted by Crippen LogP contribution is 2.44. The molecule has 1 aliphatic carbocycles. The molecule has 0 atom stereocenters. The van der Waals surface area contributed by atoms with Gasteiger partial charge in [0.2, 0.25) is 0 Å². The largest absolute Gasteiger partial charge is 0.449 e. The molecule has 29 heavy (non-hydrogen) atoms. The molecule has 0 bridgehead atoms. The van der Waals surface area contributed by atoms with Crippen LogP contribution in [0.3, 0.4) is 0 Å². The maximum atomic E-state index is 12.1. The van der Waals surface area contributed by atoms with Crippen molar-refractivity contribution in [1.82, 2.24) is 10.3 Å². The molecule has 0 saturated carbocycles. The van der Waals surface area contributed by atoms with E-state index in [1.807, 2.05) is 24.3 Å². The SMILES string of the molecule is O=Cc1cccnc1C#CCNC(=O)OCC1c2ccccc2-c2ccccc21. The molecule has 1 N–H and O–H groups in total. The Kier molecular flexibility index (Phi) is 5.35. The Morgan fingerprint density at radius 2 is 1.72 bits per heavy atom. The van der Waals surface area contributed by atoms with Crippen LogP contribution in [0.2, 0.25) is 0 Å². The molecule has 3 aromatic rings. The fourth-order valence-corrected chi connectivity index (χ4v) is 3.51. The van der Waals surface area contributed by atoms with Crippen molar-refractivity contribution >= 4 is 12.4 Å². The van der Waals surface area contributed by atoms with Gasteiger partial charge in [0.15, 0.2) is 6.29 Å². The first kappa shape index (κ1) is 18.5. The van der Waals surface area contributed by atoms with E-state index in [2.05, 4.69) is 46.4 Å². The number of nitrogens with zero attached hydrogens (tertiary/aromatic N) is 1. The van der Waals surface area contributed by atoms with Gasteiger partial charge in [0, 0.05) is 17.7 Å². The van der Waals surface area contributed by atoms with Crippen LogP contribution >= 0.6 is 0 Å². The predicted molar refractivity (Wildman–Crippen MR) is 110 cm³/mol. The second-order valence-corrected chi connectivity index (χ2v) is 6.54. The molecule has 0 spiro atoms. The quantitative estimate of drug-likeness (QED) is 0.551. The zero-order chi connectivity index (χ0) is 20.1. The fourth-order valence-electron chi connectivity index (χ4n) is 3.51. The summed E-state index contributed by atoms with van der Waals surface area (Å²) in [5.41, 5.74) is 5.50. The number of aromatic nitrogens is 1. The molecule has 1 aromatic heterocycles. The number of benzene rings is 2. The molecule has 0 fully saturated rings. The Hall–Kier alpha value is -3.91. The summed E-state index contributed by atoms with van der Waals surface area (Å²) in [6.07, 6.45) is 1.74. The first-order valence-electron chi connectivity index (χ1n) is 9.26. The zero-order valence-electron chi connectivity index (χ0n) is 15.6. The normalized spacial score (nSPS) is 11.6. The van der Waals surface area contributed by atoms with E-state index in [0.717, 1.165) is 11.1 Å². The van der Waals surface area contributed by atoms with Gasteiger partial charge in [-0.15, -0.1) is 0 Å². The van der Waals surface area contributed by atoms with Gasteiger partial charge in [-0.3, -0.25) is 4.79 Å². The Labute approximate surface area is 168 Å².